The topological polar surface area (TPSA) is 54.0 Å². The van der Waals surface area contributed by atoms with Crippen LogP contribution in [0.3, 0.4) is 0 Å². The molecule has 0 aromatic carbocycles. The molecule has 0 unspecified atom stereocenters. The van der Waals surface area contributed by atoms with Crippen molar-refractivity contribution in [2.75, 3.05) is 39.8 Å². The van der Waals surface area contributed by atoms with E-state index in [-0.39, 0.29) is 18.0 Å². The Labute approximate surface area is 108 Å². The summed E-state index contributed by atoms with van der Waals surface area (Å²) in [7, 11) is 0. The smallest absolute Gasteiger partial charge is 0.333 e. The minimum atomic E-state index is -0.381. The highest BCUT2D eigenvalue weighted by Crippen LogP contribution is 2.26. The average Bonchev–Trinajstić information content (AvgIpc) is 2.39. The lowest BCUT2D eigenvalue weighted by molar-refractivity contribution is -0.183. The zero-order valence-electron chi connectivity index (χ0n) is 11.2. The van der Waals surface area contributed by atoms with Gasteiger partial charge in [0, 0.05) is 11.0 Å². The highest BCUT2D eigenvalue weighted by molar-refractivity contribution is 5.86. The molecule has 1 saturated heterocycles. The Balaban J connectivity index is 2.16. The lowest BCUT2D eigenvalue weighted by Gasteiger charge is -2.35. The van der Waals surface area contributed by atoms with Crippen LogP contribution < -0.4 is 0 Å². The first kappa shape index (κ1) is 15.1. The molecule has 0 saturated carbocycles. The van der Waals surface area contributed by atoms with E-state index in [0.29, 0.717) is 38.8 Å². The first-order chi connectivity index (χ1) is 8.59. The maximum Gasteiger partial charge on any atom is 0.333 e. The van der Waals surface area contributed by atoms with E-state index in [0.717, 1.165) is 6.42 Å². The fourth-order valence-corrected chi connectivity index (χ4v) is 1.61. The highest BCUT2D eigenvalue weighted by Gasteiger charge is 2.32. The molecule has 0 atom stereocenters. The fourth-order valence-electron chi connectivity index (χ4n) is 1.61. The van der Waals surface area contributed by atoms with Crippen LogP contribution in [0.1, 0.15) is 20.3 Å². The summed E-state index contributed by atoms with van der Waals surface area (Å²) >= 11 is 0. The van der Waals surface area contributed by atoms with Crippen LogP contribution in [0.25, 0.3) is 0 Å². The van der Waals surface area contributed by atoms with E-state index in [1.165, 1.54) is 0 Å². The van der Waals surface area contributed by atoms with Gasteiger partial charge in [-0.2, -0.15) is 0 Å². The number of carbonyl (C=O) groups excluding carboxylic acids is 1. The van der Waals surface area contributed by atoms with Crippen molar-refractivity contribution in [1.82, 2.24) is 0 Å². The summed E-state index contributed by atoms with van der Waals surface area (Å²) in [6.07, 6.45) is 0.929. The maximum atomic E-state index is 11.1. The summed E-state index contributed by atoms with van der Waals surface area (Å²) in [6.45, 7) is 10.0. The predicted octanol–water partition coefficient (Wildman–Crippen LogP) is 1.52. The Hall–Kier alpha value is -0.910. The number of esters is 1. The van der Waals surface area contributed by atoms with Gasteiger partial charge >= 0.3 is 5.97 Å². The molecule has 1 aliphatic heterocycles. The number of ether oxygens (including phenoxy) is 4. The van der Waals surface area contributed by atoms with Crippen molar-refractivity contribution in [1.29, 1.82) is 0 Å². The SMILES string of the molecule is C=C(C)C(=O)OCCOCC1(CC)COCOC1. The lowest BCUT2D eigenvalue weighted by atomic mass is 9.87. The van der Waals surface area contributed by atoms with Crippen LogP contribution in [0, 0.1) is 5.41 Å². The van der Waals surface area contributed by atoms with Crippen LogP contribution >= 0.6 is 0 Å². The molecule has 0 spiro atoms. The van der Waals surface area contributed by atoms with Crippen LogP contribution in [0.2, 0.25) is 0 Å². The van der Waals surface area contributed by atoms with E-state index < -0.39 is 0 Å². The number of rotatable bonds is 7. The van der Waals surface area contributed by atoms with E-state index >= 15 is 0 Å². The molecule has 18 heavy (non-hydrogen) atoms. The Morgan fingerprint density at radius 2 is 2.00 bits per heavy atom. The third-order valence-electron chi connectivity index (χ3n) is 2.95. The normalized spacial score (nSPS) is 18.3. The minimum Gasteiger partial charge on any atom is -0.460 e. The quantitative estimate of drug-likeness (QED) is 0.394. The maximum absolute atomic E-state index is 11.1. The molecule has 1 rings (SSSR count). The van der Waals surface area contributed by atoms with Gasteiger partial charge in [0.05, 0.1) is 26.4 Å². The fraction of sp³-hybridized carbons (Fsp3) is 0.769. The van der Waals surface area contributed by atoms with Crippen molar-refractivity contribution in [3.05, 3.63) is 12.2 Å². The van der Waals surface area contributed by atoms with Crippen molar-refractivity contribution in [2.24, 2.45) is 5.41 Å². The minimum absolute atomic E-state index is 0.0728. The van der Waals surface area contributed by atoms with Crippen LogP contribution in [0.4, 0.5) is 0 Å². The molecule has 0 radical (unpaired) electrons. The molecular formula is C13H22O5. The summed E-state index contributed by atoms with van der Waals surface area (Å²) in [5, 5.41) is 0. The summed E-state index contributed by atoms with van der Waals surface area (Å²) in [4.78, 5) is 11.1. The van der Waals surface area contributed by atoms with Crippen LogP contribution in [-0.4, -0.2) is 45.8 Å². The molecule has 0 amide bonds. The largest absolute Gasteiger partial charge is 0.460 e. The molecule has 0 aromatic heterocycles. The number of hydrogen-bond donors (Lipinski definition) is 0. The second-order valence-corrected chi connectivity index (χ2v) is 4.64. The van der Waals surface area contributed by atoms with Crippen molar-refractivity contribution in [3.8, 4) is 0 Å². The third-order valence-corrected chi connectivity index (χ3v) is 2.95. The Bertz CT molecular complexity index is 281. The summed E-state index contributed by atoms with van der Waals surface area (Å²) in [6, 6.07) is 0. The van der Waals surface area contributed by atoms with E-state index in [2.05, 4.69) is 13.5 Å². The van der Waals surface area contributed by atoms with Crippen LogP contribution in [0.15, 0.2) is 12.2 Å². The zero-order valence-corrected chi connectivity index (χ0v) is 11.2. The van der Waals surface area contributed by atoms with Crippen molar-refractivity contribution in [3.63, 3.8) is 0 Å². The number of hydrogen-bond acceptors (Lipinski definition) is 5. The average molecular weight is 258 g/mol. The van der Waals surface area contributed by atoms with Gasteiger partial charge in [0.2, 0.25) is 0 Å². The molecule has 0 N–H and O–H groups in total. The van der Waals surface area contributed by atoms with E-state index in [1.807, 2.05) is 0 Å². The molecular weight excluding hydrogens is 236 g/mol. The summed E-state index contributed by atoms with van der Waals surface area (Å²) in [5.74, 6) is -0.381. The molecule has 104 valence electrons. The van der Waals surface area contributed by atoms with Gasteiger partial charge < -0.3 is 18.9 Å². The summed E-state index contributed by atoms with van der Waals surface area (Å²) < 4.78 is 21.1. The van der Waals surface area contributed by atoms with Gasteiger partial charge in [-0.15, -0.1) is 0 Å². The highest BCUT2D eigenvalue weighted by atomic mass is 16.7. The Kier molecular flexibility index (Phi) is 6.32. The molecule has 1 heterocycles. The Morgan fingerprint density at radius 1 is 1.33 bits per heavy atom. The lowest BCUT2D eigenvalue weighted by Crippen LogP contribution is -2.41. The zero-order chi connectivity index (χ0) is 13.4. The van der Waals surface area contributed by atoms with E-state index in [4.69, 9.17) is 18.9 Å². The summed E-state index contributed by atoms with van der Waals surface area (Å²) in [5.41, 5.74) is 0.325. The van der Waals surface area contributed by atoms with Crippen molar-refractivity contribution < 1.29 is 23.7 Å². The number of carbonyl (C=O) groups is 1. The van der Waals surface area contributed by atoms with Gasteiger partial charge in [-0.25, -0.2) is 4.79 Å². The van der Waals surface area contributed by atoms with Gasteiger partial charge in [-0.05, 0) is 13.3 Å². The van der Waals surface area contributed by atoms with Gasteiger partial charge in [0.15, 0.2) is 0 Å². The predicted molar refractivity (Wildman–Crippen MR) is 66.1 cm³/mol. The van der Waals surface area contributed by atoms with Gasteiger partial charge in [0.25, 0.3) is 0 Å². The molecule has 0 aliphatic carbocycles. The standard InChI is InChI=1S/C13H22O5/c1-4-13(8-16-10-17-9-13)7-15-5-6-18-12(14)11(2)3/h2,4-10H2,1,3H3. The molecule has 1 aliphatic rings. The van der Waals surface area contributed by atoms with Crippen LogP contribution in [0.5, 0.6) is 0 Å². The van der Waals surface area contributed by atoms with Gasteiger partial charge in [-0.1, -0.05) is 13.5 Å². The molecule has 5 nitrogen and oxygen atoms in total. The van der Waals surface area contributed by atoms with Crippen molar-refractivity contribution >= 4 is 5.97 Å². The first-order valence-corrected chi connectivity index (χ1v) is 6.15. The molecule has 0 aromatic rings. The van der Waals surface area contributed by atoms with E-state index in [1.54, 1.807) is 6.92 Å². The molecule has 5 heteroatoms. The van der Waals surface area contributed by atoms with Gasteiger partial charge in [0.1, 0.15) is 13.4 Å². The Morgan fingerprint density at radius 3 is 2.56 bits per heavy atom. The van der Waals surface area contributed by atoms with E-state index in [9.17, 15) is 4.79 Å². The monoisotopic (exact) mass is 258 g/mol. The second-order valence-electron chi connectivity index (χ2n) is 4.64. The van der Waals surface area contributed by atoms with Gasteiger partial charge in [-0.3, -0.25) is 0 Å². The first-order valence-electron chi connectivity index (χ1n) is 6.15. The third kappa shape index (κ3) is 4.76. The van der Waals surface area contributed by atoms with Crippen molar-refractivity contribution in [2.45, 2.75) is 20.3 Å². The second kappa shape index (κ2) is 7.51. The molecule has 0 bridgehead atoms. The van der Waals surface area contributed by atoms with Crippen LogP contribution in [-0.2, 0) is 23.7 Å². The molecule has 1 fully saturated rings.